The van der Waals surface area contributed by atoms with Gasteiger partial charge in [-0.25, -0.2) is 0 Å². The average molecular weight is 253 g/mol. The molecular formula is C14H27N3O. The van der Waals surface area contributed by atoms with Gasteiger partial charge in [-0.15, -0.1) is 0 Å². The summed E-state index contributed by atoms with van der Waals surface area (Å²) >= 11 is 0. The van der Waals surface area contributed by atoms with E-state index >= 15 is 0 Å². The fraction of sp³-hybridized carbons (Fsp3) is 0.786. The van der Waals surface area contributed by atoms with E-state index in [9.17, 15) is 0 Å². The maximum atomic E-state index is 5.98. The quantitative estimate of drug-likeness (QED) is 0.847. The highest BCUT2D eigenvalue weighted by molar-refractivity contribution is 5.10. The third-order valence-corrected chi connectivity index (χ3v) is 3.18. The van der Waals surface area contributed by atoms with Crippen molar-refractivity contribution in [3.63, 3.8) is 0 Å². The average Bonchev–Trinajstić information content (AvgIpc) is 2.76. The highest BCUT2D eigenvalue weighted by atomic mass is 16.5. The number of likely N-dealkylation sites (N-methyl/N-ethyl adjacent to an activating group) is 1. The molecular weight excluding hydrogens is 226 g/mol. The van der Waals surface area contributed by atoms with Gasteiger partial charge in [0.15, 0.2) is 0 Å². The van der Waals surface area contributed by atoms with E-state index in [4.69, 9.17) is 4.74 Å². The summed E-state index contributed by atoms with van der Waals surface area (Å²) in [4.78, 5) is 0. The van der Waals surface area contributed by atoms with Crippen molar-refractivity contribution < 1.29 is 4.74 Å². The van der Waals surface area contributed by atoms with Gasteiger partial charge in [-0.2, -0.15) is 5.10 Å². The predicted octanol–water partition coefficient (Wildman–Crippen LogP) is 2.61. The molecule has 1 rings (SSSR count). The van der Waals surface area contributed by atoms with E-state index in [0.717, 1.165) is 13.2 Å². The van der Waals surface area contributed by atoms with Gasteiger partial charge in [-0.05, 0) is 32.4 Å². The van der Waals surface area contributed by atoms with Crippen LogP contribution in [0.3, 0.4) is 0 Å². The lowest BCUT2D eigenvalue weighted by molar-refractivity contribution is -0.0368. The van der Waals surface area contributed by atoms with Crippen LogP contribution in [-0.2, 0) is 11.3 Å². The maximum absolute atomic E-state index is 5.98. The second-order valence-corrected chi connectivity index (χ2v) is 5.58. The van der Waals surface area contributed by atoms with Gasteiger partial charge in [0.1, 0.15) is 0 Å². The van der Waals surface area contributed by atoms with Crippen molar-refractivity contribution in [2.45, 2.75) is 53.3 Å². The van der Waals surface area contributed by atoms with Crippen LogP contribution in [0.2, 0.25) is 0 Å². The molecule has 0 aliphatic rings. The van der Waals surface area contributed by atoms with Crippen LogP contribution in [0.5, 0.6) is 0 Å². The normalized spacial score (nSPS) is 15.7. The topological polar surface area (TPSA) is 39.1 Å². The van der Waals surface area contributed by atoms with Crippen molar-refractivity contribution in [1.29, 1.82) is 0 Å². The maximum Gasteiger partial charge on any atom is 0.0832 e. The van der Waals surface area contributed by atoms with E-state index in [0.29, 0.717) is 0 Å². The van der Waals surface area contributed by atoms with Crippen molar-refractivity contribution >= 4 is 0 Å². The van der Waals surface area contributed by atoms with Crippen LogP contribution in [0.25, 0.3) is 0 Å². The van der Waals surface area contributed by atoms with Gasteiger partial charge in [-0.3, -0.25) is 4.68 Å². The molecule has 4 nitrogen and oxygen atoms in total. The first-order chi connectivity index (χ1) is 8.45. The van der Waals surface area contributed by atoms with Gasteiger partial charge < -0.3 is 10.1 Å². The van der Waals surface area contributed by atoms with E-state index in [-0.39, 0.29) is 17.6 Å². The standard InChI is InChI=1S/C14H27N3O/c1-7-17-11(9-10-16-17)12(15-6)13(18-8-2)14(3,4)5/h9-10,12-13,15H,7-8H2,1-6H3. The number of aromatic nitrogens is 2. The molecule has 0 fully saturated rings. The lowest BCUT2D eigenvalue weighted by Gasteiger charge is -2.36. The fourth-order valence-corrected chi connectivity index (χ4v) is 2.35. The second-order valence-electron chi connectivity index (χ2n) is 5.58. The van der Waals surface area contributed by atoms with Crippen LogP contribution in [0.4, 0.5) is 0 Å². The van der Waals surface area contributed by atoms with Gasteiger partial charge in [0.2, 0.25) is 0 Å². The Balaban J connectivity index is 3.06. The molecule has 18 heavy (non-hydrogen) atoms. The third-order valence-electron chi connectivity index (χ3n) is 3.18. The zero-order valence-corrected chi connectivity index (χ0v) is 12.5. The van der Waals surface area contributed by atoms with Gasteiger partial charge in [0.05, 0.1) is 17.8 Å². The zero-order chi connectivity index (χ0) is 13.8. The zero-order valence-electron chi connectivity index (χ0n) is 12.5. The largest absolute Gasteiger partial charge is 0.376 e. The molecule has 4 heteroatoms. The van der Waals surface area contributed by atoms with E-state index < -0.39 is 0 Å². The second kappa shape index (κ2) is 6.34. The molecule has 0 spiro atoms. The molecule has 0 aromatic carbocycles. The molecule has 0 aliphatic carbocycles. The summed E-state index contributed by atoms with van der Waals surface area (Å²) in [6.07, 6.45) is 1.98. The molecule has 1 aromatic heterocycles. The SMILES string of the molecule is CCOC(C(NC)c1ccnn1CC)C(C)(C)C. The smallest absolute Gasteiger partial charge is 0.0832 e. The Kier molecular flexibility index (Phi) is 5.35. The van der Waals surface area contributed by atoms with E-state index in [1.54, 1.807) is 0 Å². The first-order valence-electron chi connectivity index (χ1n) is 6.76. The summed E-state index contributed by atoms with van der Waals surface area (Å²) in [5.74, 6) is 0. The molecule has 1 aromatic rings. The summed E-state index contributed by atoms with van der Waals surface area (Å²) in [6.45, 7) is 12.4. The lowest BCUT2D eigenvalue weighted by atomic mass is 9.83. The highest BCUT2D eigenvalue weighted by Crippen LogP contribution is 2.32. The molecule has 1 N–H and O–H groups in total. The van der Waals surface area contributed by atoms with Crippen LogP contribution >= 0.6 is 0 Å². The van der Waals surface area contributed by atoms with Gasteiger partial charge in [-0.1, -0.05) is 20.8 Å². The number of hydrogen-bond acceptors (Lipinski definition) is 3. The van der Waals surface area contributed by atoms with Crippen LogP contribution in [0.15, 0.2) is 12.3 Å². The van der Waals surface area contributed by atoms with Crippen molar-refractivity contribution in [2.75, 3.05) is 13.7 Å². The Morgan fingerprint density at radius 1 is 1.39 bits per heavy atom. The molecule has 0 bridgehead atoms. The number of nitrogens with zero attached hydrogens (tertiary/aromatic N) is 2. The lowest BCUT2D eigenvalue weighted by Crippen LogP contribution is -2.42. The first-order valence-corrected chi connectivity index (χ1v) is 6.76. The Labute approximate surface area is 111 Å². The first kappa shape index (κ1) is 15.2. The monoisotopic (exact) mass is 253 g/mol. The highest BCUT2D eigenvalue weighted by Gasteiger charge is 2.34. The molecule has 2 atom stereocenters. The molecule has 0 saturated carbocycles. The van der Waals surface area contributed by atoms with Gasteiger partial charge in [0, 0.05) is 19.3 Å². The van der Waals surface area contributed by atoms with Crippen LogP contribution in [0.1, 0.15) is 46.4 Å². The summed E-state index contributed by atoms with van der Waals surface area (Å²) in [7, 11) is 1.98. The van der Waals surface area contributed by atoms with Crippen LogP contribution in [0, 0.1) is 5.41 Å². The number of nitrogens with one attached hydrogen (secondary N) is 1. The van der Waals surface area contributed by atoms with Gasteiger partial charge in [0.25, 0.3) is 0 Å². The summed E-state index contributed by atoms with van der Waals surface area (Å²) < 4.78 is 8.01. The minimum atomic E-state index is 0.0759. The summed E-state index contributed by atoms with van der Waals surface area (Å²) in [5.41, 5.74) is 1.26. The van der Waals surface area contributed by atoms with Crippen molar-refractivity contribution in [3.05, 3.63) is 18.0 Å². The van der Waals surface area contributed by atoms with Crippen LogP contribution in [-0.4, -0.2) is 29.5 Å². The minimum absolute atomic E-state index is 0.0759. The fourth-order valence-electron chi connectivity index (χ4n) is 2.35. The molecule has 0 radical (unpaired) electrons. The van der Waals surface area contributed by atoms with Crippen LogP contribution < -0.4 is 5.32 Å². The number of aryl methyl sites for hydroxylation is 1. The van der Waals surface area contributed by atoms with E-state index in [1.165, 1.54) is 5.69 Å². The molecule has 2 unspecified atom stereocenters. The minimum Gasteiger partial charge on any atom is -0.376 e. The molecule has 0 saturated heterocycles. The third kappa shape index (κ3) is 3.33. The summed E-state index contributed by atoms with van der Waals surface area (Å²) in [5, 5.41) is 7.73. The Bertz CT molecular complexity index is 354. The molecule has 0 aliphatic heterocycles. The van der Waals surface area contributed by atoms with Crippen molar-refractivity contribution in [2.24, 2.45) is 5.41 Å². The Morgan fingerprint density at radius 2 is 2.06 bits per heavy atom. The van der Waals surface area contributed by atoms with E-state index in [1.807, 2.05) is 24.9 Å². The predicted molar refractivity (Wildman–Crippen MR) is 74.6 cm³/mol. The van der Waals surface area contributed by atoms with Gasteiger partial charge >= 0.3 is 0 Å². The van der Waals surface area contributed by atoms with Crippen molar-refractivity contribution in [3.8, 4) is 0 Å². The Hall–Kier alpha value is -0.870. The number of ether oxygens (including phenoxy) is 1. The number of hydrogen-bond donors (Lipinski definition) is 1. The summed E-state index contributed by atoms with van der Waals surface area (Å²) in [6, 6.07) is 2.23. The van der Waals surface area contributed by atoms with E-state index in [2.05, 4.69) is 44.2 Å². The molecule has 0 amide bonds. The molecule has 104 valence electrons. The molecule has 1 heterocycles. The van der Waals surface area contributed by atoms with Crippen molar-refractivity contribution in [1.82, 2.24) is 15.1 Å². The Morgan fingerprint density at radius 3 is 2.50 bits per heavy atom. The number of rotatable bonds is 6.